The van der Waals surface area contributed by atoms with Gasteiger partial charge in [-0.25, -0.2) is 8.78 Å². The second-order valence-corrected chi connectivity index (χ2v) is 3.81. The number of ether oxygens (including phenoxy) is 1. The number of methoxy groups -OCH3 is 1. The molecule has 0 bridgehead atoms. The summed E-state index contributed by atoms with van der Waals surface area (Å²) in [5.41, 5.74) is -0.659. The van der Waals surface area contributed by atoms with Gasteiger partial charge in [0, 0.05) is 10.9 Å². The molecular formula is C10H10BrF2NO3. The maximum absolute atomic E-state index is 12.4. The fraction of sp³-hybridized carbons (Fsp3) is 0.400. The number of alkyl halides is 3. The number of aromatic nitrogens is 1. The first kappa shape index (κ1) is 13.8. The van der Waals surface area contributed by atoms with Gasteiger partial charge in [-0.15, -0.1) is 0 Å². The van der Waals surface area contributed by atoms with Crippen LogP contribution < -0.4 is 5.56 Å². The Balaban J connectivity index is 3.21. The van der Waals surface area contributed by atoms with E-state index in [1.807, 2.05) is 4.98 Å². The van der Waals surface area contributed by atoms with Crippen molar-refractivity contribution in [2.24, 2.45) is 0 Å². The summed E-state index contributed by atoms with van der Waals surface area (Å²) in [7, 11) is 1.19. The number of halogens is 3. The first-order valence-corrected chi connectivity index (χ1v) is 5.77. The van der Waals surface area contributed by atoms with E-state index in [4.69, 9.17) is 0 Å². The van der Waals surface area contributed by atoms with Crippen molar-refractivity contribution < 1.29 is 18.3 Å². The molecule has 0 saturated heterocycles. The van der Waals surface area contributed by atoms with Crippen LogP contribution in [0.4, 0.5) is 8.78 Å². The highest BCUT2D eigenvalue weighted by molar-refractivity contribution is 9.08. The van der Waals surface area contributed by atoms with Crippen LogP contribution in [-0.2, 0) is 21.3 Å². The number of carbonyl (C=O) groups is 1. The fourth-order valence-corrected chi connectivity index (χ4v) is 1.81. The molecule has 1 aromatic rings. The van der Waals surface area contributed by atoms with E-state index < -0.39 is 23.6 Å². The van der Waals surface area contributed by atoms with Gasteiger partial charge in [-0.3, -0.25) is 9.59 Å². The molecule has 0 radical (unpaired) electrons. The summed E-state index contributed by atoms with van der Waals surface area (Å²) in [4.78, 5) is 24.7. The van der Waals surface area contributed by atoms with Crippen LogP contribution in [0.3, 0.4) is 0 Å². The lowest BCUT2D eigenvalue weighted by molar-refractivity contribution is -0.139. The van der Waals surface area contributed by atoms with Gasteiger partial charge >= 0.3 is 5.97 Å². The van der Waals surface area contributed by atoms with Crippen LogP contribution >= 0.6 is 15.9 Å². The van der Waals surface area contributed by atoms with E-state index in [9.17, 15) is 18.4 Å². The molecule has 4 nitrogen and oxygen atoms in total. The highest BCUT2D eigenvalue weighted by Gasteiger charge is 2.16. The molecule has 0 fully saturated rings. The van der Waals surface area contributed by atoms with Crippen LogP contribution in [0.1, 0.15) is 23.2 Å². The number of H-pyrrole nitrogens is 1. The first-order valence-electron chi connectivity index (χ1n) is 4.65. The van der Waals surface area contributed by atoms with Gasteiger partial charge < -0.3 is 9.72 Å². The highest BCUT2D eigenvalue weighted by atomic mass is 79.9. The first-order chi connectivity index (χ1) is 7.99. The summed E-state index contributed by atoms with van der Waals surface area (Å²) < 4.78 is 29.3. The van der Waals surface area contributed by atoms with Gasteiger partial charge in [0.15, 0.2) is 0 Å². The third kappa shape index (κ3) is 3.36. The Bertz CT molecular complexity index is 473. The molecule has 0 amide bonds. The van der Waals surface area contributed by atoms with Gasteiger partial charge in [0.05, 0.1) is 19.2 Å². The predicted molar refractivity (Wildman–Crippen MR) is 60.4 cm³/mol. The third-order valence-corrected chi connectivity index (χ3v) is 2.78. The summed E-state index contributed by atoms with van der Waals surface area (Å²) >= 11 is 3.09. The van der Waals surface area contributed by atoms with Crippen molar-refractivity contribution in [2.75, 3.05) is 7.11 Å². The summed E-state index contributed by atoms with van der Waals surface area (Å²) in [6, 6.07) is 1.17. The Morgan fingerprint density at radius 1 is 1.59 bits per heavy atom. The quantitative estimate of drug-likeness (QED) is 0.683. The lowest BCUT2D eigenvalue weighted by Gasteiger charge is -2.08. The zero-order chi connectivity index (χ0) is 13.0. The van der Waals surface area contributed by atoms with Crippen LogP contribution in [0.15, 0.2) is 10.9 Å². The number of rotatable bonds is 4. The number of hydrogen-bond donors (Lipinski definition) is 1. The molecule has 94 valence electrons. The minimum absolute atomic E-state index is 0.137. The van der Waals surface area contributed by atoms with E-state index >= 15 is 0 Å². The van der Waals surface area contributed by atoms with E-state index in [0.29, 0.717) is 5.56 Å². The lowest BCUT2D eigenvalue weighted by atomic mass is 10.1. The van der Waals surface area contributed by atoms with E-state index in [1.165, 1.54) is 13.2 Å². The molecule has 0 aromatic carbocycles. The molecule has 1 heterocycles. The zero-order valence-electron chi connectivity index (χ0n) is 8.93. The molecule has 1 N–H and O–H groups in total. The molecule has 0 aliphatic rings. The van der Waals surface area contributed by atoms with Crippen LogP contribution in [0.25, 0.3) is 0 Å². The lowest BCUT2D eigenvalue weighted by Crippen LogP contribution is -2.21. The summed E-state index contributed by atoms with van der Waals surface area (Å²) in [5.74, 6) is -0.595. The summed E-state index contributed by atoms with van der Waals surface area (Å²) in [6.45, 7) is 0. The Kier molecular flexibility index (Phi) is 4.80. The van der Waals surface area contributed by atoms with Crippen LogP contribution in [0.2, 0.25) is 0 Å². The minimum atomic E-state index is -2.76. The Hall–Kier alpha value is -1.24. The zero-order valence-corrected chi connectivity index (χ0v) is 10.5. The van der Waals surface area contributed by atoms with E-state index in [0.717, 1.165) is 0 Å². The maximum Gasteiger partial charge on any atom is 0.310 e. The van der Waals surface area contributed by atoms with Crippen molar-refractivity contribution in [2.45, 2.75) is 18.2 Å². The van der Waals surface area contributed by atoms with Crippen LogP contribution in [0.5, 0.6) is 0 Å². The van der Waals surface area contributed by atoms with Gasteiger partial charge in [-0.1, -0.05) is 15.9 Å². The van der Waals surface area contributed by atoms with Crippen molar-refractivity contribution in [1.82, 2.24) is 4.98 Å². The summed E-state index contributed by atoms with van der Waals surface area (Å²) in [6.07, 6.45) is -3.00. The molecular weight excluding hydrogens is 300 g/mol. The fourth-order valence-electron chi connectivity index (χ4n) is 1.31. The third-order valence-electron chi connectivity index (χ3n) is 2.18. The number of hydrogen-bond acceptors (Lipinski definition) is 3. The molecule has 0 spiro atoms. The van der Waals surface area contributed by atoms with Crippen molar-refractivity contribution in [3.63, 3.8) is 0 Å². The van der Waals surface area contributed by atoms with Gasteiger partial charge in [0.25, 0.3) is 12.0 Å². The molecule has 0 atom stereocenters. The SMILES string of the molecule is COC(=O)Cc1c(CBr)cc(C(F)F)[nH]c1=O. The van der Waals surface area contributed by atoms with Crippen molar-refractivity contribution in [3.05, 3.63) is 33.2 Å². The standard InChI is InChI=1S/C10H10BrF2NO3/c1-17-8(15)3-6-5(4-11)2-7(9(12)13)14-10(6)16/h2,9H,3-4H2,1H3,(H,14,16). The van der Waals surface area contributed by atoms with Crippen molar-refractivity contribution in [3.8, 4) is 0 Å². The number of carbonyl (C=O) groups excluding carboxylic acids is 1. The number of esters is 1. The average molecular weight is 310 g/mol. The van der Waals surface area contributed by atoms with Crippen LogP contribution in [0, 0.1) is 0 Å². The predicted octanol–water partition coefficient (Wildman–Crippen LogP) is 1.92. The van der Waals surface area contributed by atoms with Crippen LogP contribution in [-0.4, -0.2) is 18.1 Å². The Morgan fingerprint density at radius 2 is 2.24 bits per heavy atom. The second-order valence-electron chi connectivity index (χ2n) is 3.24. The van der Waals surface area contributed by atoms with Gasteiger partial charge in [-0.2, -0.15) is 0 Å². The molecule has 1 rings (SSSR count). The number of pyridine rings is 1. The molecule has 0 aliphatic heterocycles. The minimum Gasteiger partial charge on any atom is -0.469 e. The normalized spacial score (nSPS) is 10.6. The molecule has 1 aromatic heterocycles. The van der Waals surface area contributed by atoms with Gasteiger partial charge in [0.1, 0.15) is 0 Å². The second kappa shape index (κ2) is 5.90. The monoisotopic (exact) mass is 309 g/mol. The molecule has 0 aliphatic carbocycles. The van der Waals surface area contributed by atoms with Crippen molar-refractivity contribution in [1.29, 1.82) is 0 Å². The maximum atomic E-state index is 12.4. The smallest absolute Gasteiger partial charge is 0.310 e. The van der Waals surface area contributed by atoms with Crippen molar-refractivity contribution >= 4 is 21.9 Å². The Labute approximate surface area is 104 Å². The molecule has 7 heteroatoms. The van der Waals surface area contributed by atoms with E-state index in [2.05, 4.69) is 20.7 Å². The average Bonchev–Trinajstić information content (AvgIpc) is 2.30. The molecule has 17 heavy (non-hydrogen) atoms. The topological polar surface area (TPSA) is 59.2 Å². The largest absolute Gasteiger partial charge is 0.469 e. The molecule has 0 saturated carbocycles. The van der Waals surface area contributed by atoms with Gasteiger partial charge in [-0.05, 0) is 11.6 Å². The molecule has 0 unspecified atom stereocenters. The Morgan fingerprint density at radius 3 is 2.71 bits per heavy atom. The van der Waals surface area contributed by atoms with E-state index in [-0.39, 0.29) is 17.3 Å². The number of nitrogens with one attached hydrogen (secondary N) is 1. The highest BCUT2D eigenvalue weighted by Crippen LogP contribution is 2.19. The van der Waals surface area contributed by atoms with E-state index in [1.54, 1.807) is 0 Å². The summed E-state index contributed by atoms with van der Waals surface area (Å²) in [5, 5.41) is 0.211. The van der Waals surface area contributed by atoms with Gasteiger partial charge in [0.2, 0.25) is 0 Å². The number of aromatic amines is 1.